The second-order valence-electron chi connectivity index (χ2n) is 6.71. The summed E-state index contributed by atoms with van der Waals surface area (Å²) in [6.07, 6.45) is 2.39. The number of pyridine rings is 1. The fourth-order valence-electron chi connectivity index (χ4n) is 2.66. The maximum atomic E-state index is 12.4. The number of nitrogens with one attached hydrogen (secondary N) is 2. The summed E-state index contributed by atoms with van der Waals surface area (Å²) < 4.78 is 27.2. The highest BCUT2D eigenvalue weighted by Crippen LogP contribution is 2.19. The molecule has 1 amide bonds. The second kappa shape index (κ2) is 8.98. The molecule has 0 saturated heterocycles. The van der Waals surface area contributed by atoms with Gasteiger partial charge in [-0.2, -0.15) is 0 Å². The summed E-state index contributed by atoms with van der Waals surface area (Å²) in [4.78, 5) is 16.8. The number of carbonyl (C=O) groups is 1. The van der Waals surface area contributed by atoms with Gasteiger partial charge in [-0.25, -0.2) is 18.1 Å². The third-order valence-electron chi connectivity index (χ3n) is 4.51. The van der Waals surface area contributed by atoms with Gasteiger partial charge in [0.1, 0.15) is 5.82 Å². The van der Waals surface area contributed by atoms with E-state index in [2.05, 4.69) is 15.0 Å². The summed E-state index contributed by atoms with van der Waals surface area (Å²) in [5.74, 6) is 0.0635. The molecule has 3 aromatic rings. The maximum absolute atomic E-state index is 12.4. The van der Waals surface area contributed by atoms with Gasteiger partial charge in [-0.3, -0.25) is 4.79 Å². The lowest BCUT2D eigenvalue weighted by Crippen LogP contribution is -2.32. The van der Waals surface area contributed by atoms with Crippen LogP contribution in [0.25, 0.3) is 11.1 Å². The van der Waals surface area contributed by atoms with Crippen LogP contribution in [0.3, 0.4) is 0 Å². The Labute approximate surface area is 171 Å². The molecule has 0 bridgehead atoms. The Morgan fingerprint density at radius 1 is 0.966 bits per heavy atom. The van der Waals surface area contributed by atoms with E-state index in [0.717, 1.165) is 11.1 Å². The van der Waals surface area contributed by atoms with Crippen LogP contribution in [-0.2, 0) is 10.0 Å². The van der Waals surface area contributed by atoms with Gasteiger partial charge in [0.2, 0.25) is 10.0 Å². The highest BCUT2D eigenvalue weighted by atomic mass is 32.2. The number of carbonyl (C=O) groups excluding carboxylic acids is 1. The lowest BCUT2D eigenvalue weighted by atomic mass is 10.1. The number of hydrogen-bond donors (Lipinski definition) is 2. The number of amides is 1. The van der Waals surface area contributed by atoms with Gasteiger partial charge in [0.15, 0.2) is 0 Å². The van der Waals surface area contributed by atoms with Crippen molar-refractivity contribution in [3.8, 4) is 11.1 Å². The fraction of sp³-hybridized carbons (Fsp3) is 0.182. The van der Waals surface area contributed by atoms with E-state index in [4.69, 9.17) is 0 Å². The summed E-state index contributed by atoms with van der Waals surface area (Å²) in [6.45, 7) is 3.70. The van der Waals surface area contributed by atoms with E-state index in [-0.39, 0.29) is 16.8 Å². The molecule has 2 N–H and O–H groups in total. The first kappa shape index (κ1) is 20.7. The van der Waals surface area contributed by atoms with Gasteiger partial charge >= 0.3 is 0 Å². The molecule has 1 aromatic heterocycles. The largest absolute Gasteiger partial charge is 0.307 e. The predicted octanol–water partition coefficient (Wildman–Crippen LogP) is 4.08. The fourth-order valence-corrected chi connectivity index (χ4v) is 3.99. The molecule has 0 radical (unpaired) electrons. The van der Waals surface area contributed by atoms with Gasteiger partial charge in [-0.1, -0.05) is 37.3 Å². The number of aromatic nitrogens is 1. The molecule has 6 nitrogen and oxygen atoms in total. The van der Waals surface area contributed by atoms with Gasteiger partial charge in [0.05, 0.1) is 4.90 Å². The highest BCUT2D eigenvalue weighted by molar-refractivity contribution is 7.89. The number of benzene rings is 2. The molecule has 29 heavy (non-hydrogen) atoms. The van der Waals surface area contributed by atoms with E-state index in [9.17, 15) is 13.2 Å². The Balaban J connectivity index is 1.68. The number of rotatable bonds is 7. The minimum Gasteiger partial charge on any atom is -0.307 e. The Hall–Kier alpha value is -3.03. The van der Waals surface area contributed by atoms with Crippen molar-refractivity contribution in [3.05, 3.63) is 78.5 Å². The Morgan fingerprint density at radius 2 is 1.66 bits per heavy atom. The number of anilines is 1. The molecule has 150 valence electrons. The van der Waals surface area contributed by atoms with Gasteiger partial charge in [-0.15, -0.1) is 0 Å². The van der Waals surface area contributed by atoms with E-state index in [1.165, 1.54) is 24.3 Å². The Kier molecular flexibility index (Phi) is 6.41. The maximum Gasteiger partial charge on any atom is 0.256 e. The SMILES string of the molecule is CCC(C)NS(=O)(=O)c1ccc(C(=O)Nc2ccc(-c3ccccc3)cn2)cc1. The first-order valence-electron chi connectivity index (χ1n) is 9.34. The van der Waals surface area contributed by atoms with Crippen molar-refractivity contribution in [3.63, 3.8) is 0 Å². The van der Waals surface area contributed by atoms with Crippen LogP contribution in [0.5, 0.6) is 0 Å². The van der Waals surface area contributed by atoms with Crippen LogP contribution in [0.15, 0.2) is 77.8 Å². The zero-order chi connectivity index (χ0) is 20.9. The van der Waals surface area contributed by atoms with Crippen molar-refractivity contribution in [1.82, 2.24) is 9.71 Å². The molecule has 2 aromatic carbocycles. The zero-order valence-corrected chi connectivity index (χ0v) is 17.1. The quantitative estimate of drug-likeness (QED) is 0.615. The minimum absolute atomic E-state index is 0.125. The van der Waals surface area contributed by atoms with E-state index < -0.39 is 10.0 Å². The van der Waals surface area contributed by atoms with Gasteiger partial charge in [0, 0.05) is 23.4 Å². The molecule has 0 aliphatic heterocycles. The number of sulfonamides is 1. The minimum atomic E-state index is -3.60. The van der Waals surface area contributed by atoms with Crippen LogP contribution in [0.4, 0.5) is 5.82 Å². The summed E-state index contributed by atoms with van der Waals surface area (Å²) >= 11 is 0. The lowest BCUT2D eigenvalue weighted by molar-refractivity contribution is 0.102. The van der Waals surface area contributed by atoms with Crippen LogP contribution in [0.1, 0.15) is 30.6 Å². The van der Waals surface area contributed by atoms with Crippen molar-refractivity contribution in [2.75, 3.05) is 5.32 Å². The molecule has 3 rings (SSSR count). The molecule has 1 heterocycles. The predicted molar refractivity (Wildman–Crippen MR) is 114 cm³/mol. The average molecular weight is 410 g/mol. The molecule has 1 atom stereocenters. The van der Waals surface area contributed by atoms with Gasteiger partial charge in [-0.05, 0) is 55.3 Å². The second-order valence-corrected chi connectivity index (χ2v) is 8.42. The summed E-state index contributed by atoms with van der Waals surface area (Å²) in [6, 6.07) is 19.1. The molecule has 0 spiro atoms. The molecule has 0 aliphatic rings. The van der Waals surface area contributed by atoms with Crippen LogP contribution >= 0.6 is 0 Å². The molecule has 0 saturated carbocycles. The summed E-state index contributed by atoms with van der Waals surface area (Å²) in [7, 11) is -3.60. The van der Waals surface area contributed by atoms with Crippen LogP contribution in [-0.4, -0.2) is 25.4 Å². The van der Waals surface area contributed by atoms with Crippen molar-refractivity contribution in [2.45, 2.75) is 31.2 Å². The molecule has 7 heteroatoms. The van der Waals surface area contributed by atoms with Crippen molar-refractivity contribution in [2.24, 2.45) is 0 Å². The summed E-state index contributed by atoms with van der Waals surface area (Å²) in [5, 5.41) is 2.72. The van der Waals surface area contributed by atoms with E-state index >= 15 is 0 Å². The van der Waals surface area contributed by atoms with E-state index in [1.54, 1.807) is 19.2 Å². The van der Waals surface area contributed by atoms with Crippen LogP contribution < -0.4 is 10.0 Å². The molecule has 0 fully saturated rings. The zero-order valence-electron chi connectivity index (χ0n) is 16.3. The summed E-state index contributed by atoms with van der Waals surface area (Å²) in [5.41, 5.74) is 2.34. The van der Waals surface area contributed by atoms with E-state index in [0.29, 0.717) is 17.8 Å². The standard InChI is InChI=1S/C22H23N3O3S/c1-3-16(2)25-29(27,28)20-12-9-18(10-13-20)22(26)24-21-14-11-19(15-23-21)17-7-5-4-6-8-17/h4-16,25H,3H2,1-2H3,(H,23,24,26). The Bertz CT molecular complexity index is 1060. The smallest absolute Gasteiger partial charge is 0.256 e. The topological polar surface area (TPSA) is 88.2 Å². The highest BCUT2D eigenvalue weighted by Gasteiger charge is 2.17. The monoisotopic (exact) mass is 409 g/mol. The normalized spacial score (nSPS) is 12.3. The molecular weight excluding hydrogens is 386 g/mol. The van der Waals surface area contributed by atoms with E-state index in [1.807, 2.05) is 43.3 Å². The van der Waals surface area contributed by atoms with Gasteiger partial charge < -0.3 is 5.32 Å². The first-order chi connectivity index (χ1) is 13.9. The van der Waals surface area contributed by atoms with Crippen molar-refractivity contribution in [1.29, 1.82) is 0 Å². The van der Waals surface area contributed by atoms with Crippen LogP contribution in [0.2, 0.25) is 0 Å². The van der Waals surface area contributed by atoms with Gasteiger partial charge in [0.25, 0.3) is 5.91 Å². The molecule has 1 unspecified atom stereocenters. The molecule has 0 aliphatic carbocycles. The lowest BCUT2D eigenvalue weighted by Gasteiger charge is -2.12. The average Bonchev–Trinajstić information content (AvgIpc) is 2.74. The molecular formula is C22H23N3O3S. The third-order valence-corrected chi connectivity index (χ3v) is 6.11. The Morgan fingerprint density at radius 3 is 2.24 bits per heavy atom. The number of hydrogen-bond acceptors (Lipinski definition) is 4. The number of nitrogens with zero attached hydrogens (tertiary/aromatic N) is 1. The van der Waals surface area contributed by atoms with Crippen LogP contribution in [0, 0.1) is 0 Å². The first-order valence-corrected chi connectivity index (χ1v) is 10.8. The van der Waals surface area contributed by atoms with Crippen molar-refractivity contribution >= 4 is 21.7 Å². The van der Waals surface area contributed by atoms with Crippen molar-refractivity contribution < 1.29 is 13.2 Å². The third kappa shape index (κ3) is 5.28.